The summed E-state index contributed by atoms with van der Waals surface area (Å²) >= 11 is 0. The van der Waals surface area contributed by atoms with Crippen molar-refractivity contribution in [2.24, 2.45) is 0 Å². The molecule has 7 heteroatoms. The van der Waals surface area contributed by atoms with E-state index in [1.165, 1.54) is 0 Å². The van der Waals surface area contributed by atoms with Crippen LogP contribution in [0.5, 0.6) is 5.75 Å². The van der Waals surface area contributed by atoms with Gasteiger partial charge in [0.2, 0.25) is 11.8 Å². The number of amides is 1. The fourth-order valence-corrected chi connectivity index (χ4v) is 3.64. The fourth-order valence-electron chi connectivity index (χ4n) is 3.64. The zero-order valence-corrected chi connectivity index (χ0v) is 17.8. The number of carbonyl (C=O) groups is 1. The predicted octanol–water partition coefficient (Wildman–Crippen LogP) is 2.78. The van der Waals surface area contributed by atoms with Crippen LogP contribution in [0.4, 0.5) is 0 Å². The molecule has 7 nitrogen and oxygen atoms in total. The summed E-state index contributed by atoms with van der Waals surface area (Å²) in [7, 11) is 1.65. The van der Waals surface area contributed by atoms with E-state index in [4.69, 9.17) is 9.15 Å². The van der Waals surface area contributed by atoms with Crippen molar-refractivity contribution >= 4 is 5.91 Å². The van der Waals surface area contributed by atoms with Crippen molar-refractivity contribution in [2.75, 3.05) is 39.8 Å². The second-order valence-corrected chi connectivity index (χ2v) is 7.69. The summed E-state index contributed by atoms with van der Waals surface area (Å²) in [6.45, 7) is 5.28. The molecule has 0 spiro atoms. The minimum atomic E-state index is 0.0675. The van der Waals surface area contributed by atoms with Crippen LogP contribution >= 0.6 is 0 Å². The second-order valence-electron chi connectivity index (χ2n) is 7.69. The Balaban J connectivity index is 1.20. The number of nitrogens with zero attached hydrogens (tertiary/aromatic N) is 3. The maximum absolute atomic E-state index is 12.2. The van der Waals surface area contributed by atoms with E-state index >= 15 is 0 Å². The number of oxazole rings is 1. The van der Waals surface area contributed by atoms with E-state index in [-0.39, 0.29) is 5.91 Å². The third-order valence-corrected chi connectivity index (χ3v) is 5.44. The Labute approximate surface area is 182 Å². The van der Waals surface area contributed by atoms with Gasteiger partial charge in [-0.05, 0) is 29.8 Å². The molecule has 1 aliphatic rings. The Morgan fingerprint density at radius 2 is 1.74 bits per heavy atom. The van der Waals surface area contributed by atoms with Gasteiger partial charge in [0.15, 0.2) is 0 Å². The van der Waals surface area contributed by atoms with Crippen molar-refractivity contribution in [2.45, 2.75) is 13.1 Å². The number of carbonyl (C=O) groups excluding carboxylic acids is 1. The minimum Gasteiger partial charge on any atom is -0.497 e. The van der Waals surface area contributed by atoms with Gasteiger partial charge in [0.05, 0.1) is 19.3 Å². The van der Waals surface area contributed by atoms with Gasteiger partial charge >= 0.3 is 0 Å². The monoisotopic (exact) mass is 420 g/mol. The zero-order chi connectivity index (χ0) is 21.5. The Morgan fingerprint density at radius 1 is 1.03 bits per heavy atom. The highest BCUT2D eigenvalue weighted by atomic mass is 16.5. The molecular formula is C24H28N4O3. The van der Waals surface area contributed by atoms with Crippen LogP contribution < -0.4 is 10.1 Å². The predicted molar refractivity (Wildman–Crippen MR) is 118 cm³/mol. The standard InChI is InChI=1S/C24H28N4O3/c1-30-22-9-7-20(8-10-22)24-26-21(18-31-24)16-27-11-13-28(14-12-27)17-23(29)25-15-19-5-3-2-4-6-19/h2-10,18H,11-17H2,1H3,(H,25,29). The molecule has 0 saturated carbocycles. The summed E-state index contributed by atoms with van der Waals surface area (Å²) in [4.78, 5) is 21.4. The highest BCUT2D eigenvalue weighted by Crippen LogP contribution is 2.22. The Morgan fingerprint density at radius 3 is 2.45 bits per heavy atom. The van der Waals surface area contributed by atoms with E-state index in [1.54, 1.807) is 13.4 Å². The van der Waals surface area contributed by atoms with Crippen molar-refractivity contribution in [3.05, 3.63) is 72.1 Å². The third kappa shape index (κ3) is 5.93. The van der Waals surface area contributed by atoms with E-state index in [0.29, 0.717) is 19.0 Å². The normalized spacial score (nSPS) is 15.0. The smallest absolute Gasteiger partial charge is 0.234 e. The number of methoxy groups -OCH3 is 1. The Hall–Kier alpha value is -3.16. The first-order valence-electron chi connectivity index (χ1n) is 10.5. The lowest BCUT2D eigenvalue weighted by molar-refractivity contribution is -0.122. The molecule has 1 N–H and O–H groups in total. The van der Waals surface area contributed by atoms with Crippen LogP contribution in [0.25, 0.3) is 11.5 Å². The molecule has 2 heterocycles. The van der Waals surface area contributed by atoms with Gasteiger partial charge in [0, 0.05) is 44.8 Å². The highest BCUT2D eigenvalue weighted by molar-refractivity contribution is 5.78. The number of hydrogen-bond donors (Lipinski definition) is 1. The van der Waals surface area contributed by atoms with E-state index in [9.17, 15) is 4.79 Å². The van der Waals surface area contributed by atoms with Gasteiger partial charge in [0.1, 0.15) is 12.0 Å². The molecule has 1 fully saturated rings. The van der Waals surface area contributed by atoms with Gasteiger partial charge in [-0.3, -0.25) is 14.6 Å². The SMILES string of the molecule is COc1ccc(-c2nc(CN3CCN(CC(=O)NCc4ccccc4)CC3)co2)cc1. The van der Waals surface area contributed by atoms with E-state index in [2.05, 4.69) is 20.1 Å². The van der Waals surface area contributed by atoms with Gasteiger partial charge in [0.25, 0.3) is 0 Å². The molecule has 0 atom stereocenters. The van der Waals surface area contributed by atoms with Crippen molar-refractivity contribution in [1.82, 2.24) is 20.1 Å². The molecule has 0 unspecified atom stereocenters. The van der Waals surface area contributed by atoms with Crippen molar-refractivity contribution in [3.63, 3.8) is 0 Å². The first-order chi connectivity index (χ1) is 15.2. The minimum absolute atomic E-state index is 0.0675. The quantitative estimate of drug-likeness (QED) is 0.604. The lowest BCUT2D eigenvalue weighted by Gasteiger charge is -2.33. The van der Waals surface area contributed by atoms with E-state index < -0.39 is 0 Å². The van der Waals surface area contributed by atoms with Crippen LogP contribution in [0.2, 0.25) is 0 Å². The van der Waals surface area contributed by atoms with Crippen LogP contribution in [-0.4, -0.2) is 60.5 Å². The van der Waals surface area contributed by atoms with Crippen LogP contribution in [0.3, 0.4) is 0 Å². The number of hydrogen-bond acceptors (Lipinski definition) is 6. The number of aromatic nitrogens is 1. The molecule has 1 amide bonds. The molecule has 0 bridgehead atoms. The summed E-state index contributed by atoms with van der Waals surface area (Å²) < 4.78 is 10.9. The largest absolute Gasteiger partial charge is 0.497 e. The second kappa shape index (κ2) is 10.2. The molecular weight excluding hydrogens is 392 g/mol. The van der Waals surface area contributed by atoms with Crippen molar-refractivity contribution < 1.29 is 13.9 Å². The number of ether oxygens (including phenoxy) is 1. The van der Waals surface area contributed by atoms with E-state index in [1.807, 2.05) is 54.6 Å². The summed E-state index contributed by atoms with van der Waals surface area (Å²) in [6, 6.07) is 17.6. The molecule has 2 aromatic carbocycles. The molecule has 1 aliphatic heterocycles. The summed E-state index contributed by atoms with van der Waals surface area (Å²) in [5.41, 5.74) is 2.96. The number of nitrogens with one attached hydrogen (secondary N) is 1. The molecule has 162 valence electrons. The fraction of sp³-hybridized carbons (Fsp3) is 0.333. The average Bonchev–Trinajstić information content (AvgIpc) is 3.28. The highest BCUT2D eigenvalue weighted by Gasteiger charge is 2.20. The van der Waals surface area contributed by atoms with E-state index in [0.717, 1.165) is 55.3 Å². The molecule has 1 saturated heterocycles. The molecule has 0 radical (unpaired) electrons. The number of rotatable bonds is 8. The Bertz CT molecular complexity index is 964. The van der Waals surface area contributed by atoms with Crippen molar-refractivity contribution in [3.8, 4) is 17.2 Å². The lowest BCUT2D eigenvalue weighted by Crippen LogP contribution is -2.49. The van der Waals surface area contributed by atoms with Crippen LogP contribution in [0, 0.1) is 0 Å². The summed E-state index contributed by atoms with van der Waals surface area (Å²) in [6.07, 6.45) is 1.73. The summed E-state index contributed by atoms with van der Waals surface area (Å²) in [5, 5.41) is 3.00. The first-order valence-corrected chi connectivity index (χ1v) is 10.5. The average molecular weight is 421 g/mol. The van der Waals surface area contributed by atoms with Crippen LogP contribution in [0.15, 0.2) is 65.3 Å². The van der Waals surface area contributed by atoms with Crippen molar-refractivity contribution in [1.29, 1.82) is 0 Å². The van der Waals surface area contributed by atoms with Gasteiger partial charge < -0.3 is 14.5 Å². The lowest BCUT2D eigenvalue weighted by atomic mass is 10.2. The van der Waals surface area contributed by atoms with Gasteiger partial charge in [-0.25, -0.2) is 4.98 Å². The van der Waals surface area contributed by atoms with Gasteiger partial charge in [-0.15, -0.1) is 0 Å². The third-order valence-electron chi connectivity index (χ3n) is 5.44. The van der Waals surface area contributed by atoms with Gasteiger partial charge in [-0.2, -0.15) is 0 Å². The Kier molecular flexibility index (Phi) is 6.96. The maximum Gasteiger partial charge on any atom is 0.234 e. The molecule has 4 rings (SSSR count). The molecule has 31 heavy (non-hydrogen) atoms. The van der Waals surface area contributed by atoms with Gasteiger partial charge in [-0.1, -0.05) is 30.3 Å². The molecule has 3 aromatic rings. The maximum atomic E-state index is 12.2. The number of benzene rings is 2. The van der Waals surface area contributed by atoms with Crippen LogP contribution in [0.1, 0.15) is 11.3 Å². The van der Waals surface area contributed by atoms with Crippen LogP contribution in [-0.2, 0) is 17.9 Å². The zero-order valence-electron chi connectivity index (χ0n) is 17.8. The molecule has 0 aliphatic carbocycles. The molecule has 1 aromatic heterocycles. The topological polar surface area (TPSA) is 70.8 Å². The summed E-state index contributed by atoms with van der Waals surface area (Å²) in [5.74, 6) is 1.49. The number of piperazine rings is 1. The first kappa shape index (κ1) is 21.1.